The highest BCUT2D eigenvalue weighted by Crippen LogP contribution is 2.33. The minimum Gasteiger partial charge on any atom is -0.323 e. The largest absolute Gasteiger partial charge is 0.323 e. The van der Waals surface area contributed by atoms with E-state index in [1.807, 2.05) is 6.92 Å². The summed E-state index contributed by atoms with van der Waals surface area (Å²) in [6.45, 7) is 3.15. The molecule has 1 unspecified atom stereocenters. The fourth-order valence-corrected chi connectivity index (χ4v) is 2.64. The molecular formula is C14H17F3N2O. The van der Waals surface area contributed by atoms with Gasteiger partial charge in [0.15, 0.2) is 11.6 Å². The smallest absolute Gasteiger partial charge is 0.232 e. The third-order valence-corrected chi connectivity index (χ3v) is 3.70. The minimum atomic E-state index is -1.31. The number of hydrogen-bond donors (Lipinski definition) is 2. The zero-order chi connectivity index (χ0) is 14.8. The number of anilines is 1. The Labute approximate surface area is 115 Å². The molecule has 1 amide bonds. The third kappa shape index (κ3) is 2.80. The van der Waals surface area contributed by atoms with Gasteiger partial charge in [0.1, 0.15) is 5.82 Å². The van der Waals surface area contributed by atoms with Crippen LogP contribution in [0.1, 0.15) is 26.2 Å². The molecule has 2 N–H and O–H groups in total. The van der Waals surface area contributed by atoms with Crippen LogP contribution in [0.2, 0.25) is 0 Å². The Morgan fingerprint density at radius 2 is 2.15 bits per heavy atom. The van der Waals surface area contributed by atoms with Crippen LogP contribution in [0.25, 0.3) is 0 Å². The fourth-order valence-electron chi connectivity index (χ4n) is 2.64. The molecule has 0 aromatic heterocycles. The summed E-state index contributed by atoms with van der Waals surface area (Å²) in [5, 5.41) is 5.42. The zero-order valence-electron chi connectivity index (χ0n) is 11.2. The van der Waals surface area contributed by atoms with Crippen LogP contribution < -0.4 is 10.6 Å². The quantitative estimate of drug-likeness (QED) is 0.836. The van der Waals surface area contributed by atoms with E-state index >= 15 is 0 Å². The fraction of sp³-hybridized carbons (Fsp3) is 0.500. The van der Waals surface area contributed by atoms with E-state index in [0.29, 0.717) is 32.0 Å². The molecule has 6 heteroatoms. The molecule has 0 saturated carbocycles. The van der Waals surface area contributed by atoms with Gasteiger partial charge in [-0.1, -0.05) is 13.3 Å². The summed E-state index contributed by atoms with van der Waals surface area (Å²) in [7, 11) is 0. The van der Waals surface area contributed by atoms with Crippen molar-refractivity contribution in [3.63, 3.8) is 0 Å². The zero-order valence-corrected chi connectivity index (χ0v) is 11.2. The van der Waals surface area contributed by atoms with Gasteiger partial charge in [-0.25, -0.2) is 13.2 Å². The number of rotatable bonds is 4. The normalized spacial score (nSPS) is 22.0. The van der Waals surface area contributed by atoms with E-state index in [1.165, 1.54) is 0 Å². The Bertz CT molecular complexity index is 513. The molecule has 1 aliphatic rings. The molecule has 20 heavy (non-hydrogen) atoms. The van der Waals surface area contributed by atoms with Crippen molar-refractivity contribution in [1.29, 1.82) is 0 Å². The highest BCUT2D eigenvalue weighted by Gasteiger charge is 2.40. The number of amides is 1. The van der Waals surface area contributed by atoms with E-state index in [-0.39, 0.29) is 0 Å². The molecule has 1 aromatic rings. The maximum Gasteiger partial charge on any atom is 0.232 e. The van der Waals surface area contributed by atoms with Crippen LogP contribution in [-0.2, 0) is 4.79 Å². The maximum atomic E-state index is 13.6. The van der Waals surface area contributed by atoms with Crippen LogP contribution in [0.4, 0.5) is 18.9 Å². The Balaban J connectivity index is 2.23. The van der Waals surface area contributed by atoms with E-state index < -0.39 is 34.5 Å². The predicted molar refractivity (Wildman–Crippen MR) is 69.8 cm³/mol. The second-order valence-corrected chi connectivity index (χ2v) is 5.16. The van der Waals surface area contributed by atoms with Gasteiger partial charge in [0.2, 0.25) is 5.91 Å². The maximum absolute atomic E-state index is 13.6. The van der Waals surface area contributed by atoms with Gasteiger partial charge >= 0.3 is 0 Å². The topological polar surface area (TPSA) is 41.1 Å². The van der Waals surface area contributed by atoms with Crippen molar-refractivity contribution in [2.24, 2.45) is 5.41 Å². The molecule has 0 bridgehead atoms. The van der Waals surface area contributed by atoms with Crippen molar-refractivity contribution < 1.29 is 18.0 Å². The van der Waals surface area contributed by atoms with Crippen LogP contribution in [-0.4, -0.2) is 19.0 Å². The van der Waals surface area contributed by atoms with Gasteiger partial charge in [-0.15, -0.1) is 0 Å². The molecular weight excluding hydrogens is 269 g/mol. The molecule has 110 valence electrons. The number of carbonyl (C=O) groups excluding carboxylic acids is 1. The highest BCUT2D eigenvalue weighted by atomic mass is 19.2. The summed E-state index contributed by atoms with van der Waals surface area (Å²) in [5.74, 6) is -3.87. The first kappa shape index (κ1) is 14.8. The second kappa shape index (κ2) is 5.83. The SMILES string of the molecule is CCCC1(C(=O)Nc2cc(F)cc(F)c2F)CCNC1. The molecule has 0 radical (unpaired) electrons. The summed E-state index contributed by atoms with van der Waals surface area (Å²) in [6, 6.07) is 1.24. The van der Waals surface area contributed by atoms with Crippen molar-refractivity contribution in [2.75, 3.05) is 18.4 Å². The van der Waals surface area contributed by atoms with E-state index in [9.17, 15) is 18.0 Å². The summed E-state index contributed by atoms with van der Waals surface area (Å²) < 4.78 is 39.8. The van der Waals surface area contributed by atoms with Crippen molar-refractivity contribution in [1.82, 2.24) is 5.32 Å². The molecule has 2 rings (SSSR count). The Morgan fingerprint density at radius 3 is 2.75 bits per heavy atom. The van der Waals surface area contributed by atoms with Crippen LogP contribution in [0, 0.1) is 22.9 Å². The lowest BCUT2D eigenvalue weighted by atomic mass is 9.81. The number of hydrogen-bond acceptors (Lipinski definition) is 2. The van der Waals surface area contributed by atoms with Crippen LogP contribution in [0.3, 0.4) is 0 Å². The number of nitrogens with one attached hydrogen (secondary N) is 2. The van der Waals surface area contributed by atoms with Gasteiger partial charge in [0, 0.05) is 18.7 Å². The second-order valence-electron chi connectivity index (χ2n) is 5.16. The van der Waals surface area contributed by atoms with Gasteiger partial charge in [0.25, 0.3) is 0 Å². The van der Waals surface area contributed by atoms with E-state index in [1.54, 1.807) is 0 Å². The average Bonchev–Trinajstić information content (AvgIpc) is 2.85. The summed E-state index contributed by atoms with van der Waals surface area (Å²) in [6.07, 6.45) is 2.08. The first-order valence-corrected chi connectivity index (χ1v) is 6.65. The molecule has 1 aliphatic heterocycles. The van der Waals surface area contributed by atoms with Gasteiger partial charge in [-0.2, -0.15) is 0 Å². The van der Waals surface area contributed by atoms with Crippen molar-refractivity contribution in [2.45, 2.75) is 26.2 Å². The molecule has 1 atom stereocenters. The Hall–Kier alpha value is -1.56. The van der Waals surface area contributed by atoms with E-state index in [2.05, 4.69) is 10.6 Å². The number of benzene rings is 1. The van der Waals surface area contributed by atoms with Crippen LogP contribution >= 0.6 is 0 Å². The predicted octanol–water partition coefficient (Wildman–Crippen LogP) is 2.82. The minimum absolute atomic E-state index is 0.395. The Kier molecular flexibility index (Phi) is 4.32. The van der Waals surface area contributed by atoms with E-state index in [4.69, 9.17) is 0 Å². The lowest BCUT2D eigenvalue weighted by molar-refractivity contribution is -0.125. The molecule has 1 aromatic carbocycles. The van der Waals surface area contributed by atoms with Gasteiger partial charge in [0.05, 0.1) is 11.1 Å². The van der Waals surface area contributed by atoms with Crippen molar-refractivity contribution in [3.8, 4) is 0 Å². The number of carbonyl (C=O) groups is 1. The van der Waals surface area contributed by atoms with Crippen LogP contribution in [0.15, 0.2) is 12.1 Å². The highest BCUT2D eigenvalue weighted by molar-refractivity contribution is 5.95. The van der Waals surface area contributed by atoms with Crippen molar-refractivity contribution >= 4 is 11.6 Å². The summed E-state index contributed by atoms with van der Waals surface area (Å²) >= 11 is 0. The lowest BCUT2D eigenvalue weighted by Crippen LogP contribution is -2.38. The van der Waals surface area contributed by atoms with Gasteiger partial charge < -0.3 is 10.6 Å². The number of halogens is 3. The summed E-state index contributed by atoms with van der Waals surface area (Å²) in [5.41, 5.74) is -1.08. The molecule has 0 spiro atoms. The first-order valence-electron chi connectivity index (χ1n) is 6.65. The standard InChI is InChI=1S/C14H17F3N2O/c1-2-3-14(4-5-18-8-14)13(20)19-11-7-9(15)6-10(16)12(11)17/h6-7,18H,2-5,8H2,1H3,(H,19,20). The Morgan fingerprint density at radius 1 is 1.40 bits per heavy atom. The average molecular weight is 286 g/mol. The molecule has 1 saturated heterocycles. The van der Waals surface area contributed by atoms with Crippen LogP contribution in [0.5, 0.6) is 0 Å². The van der Waals surface area contributed by atoms with Crippen molar-refractivity contribution in [3.05, 3.63) is 29.6 Å². The van der Waals surface area contributed by atoms with Gasteiger partial charge in [-0.05, 0) is 19.4 Å². The molecule has 3 nitrogen and oxygen atoms in total. The monoisotopic (exact) mass is 286 g/mol. The lowest BCUT2D eigenvalue weighted by Gasteiger charge is -2.26. The first-order chi connectivity index (χ1) is 9.48. The molecule has 0 aliphatic carbocycles. The molecule has 1 heterocycles. The van der Waals surface area contributed by atoms with E-state index in [0.717, 1.165) is 12.5 Å². The molecule has 1 fully saturated rings. The summed E-state index contributed by atoms with van der Waals surface area (Å²) in [4.78, 5) is 12.3. The third-order valence-electron chi connectivity index (χ3n) is 3.70. The van der Waals surface area contributed by atoms with Gasteiger partial charge in [-0.3, -0.25) is 4.79 Å².